The number of benzene rings is 1. The zero-order chi connectivity index (χ0) is 21.5. The van der Waals surface area contributed by atoms with Crippen LogP contribution in [0.4, 0.5) is 0 Å². The number of rotatable bonds is 7. The Morgan fingerprint density at radius 1 is 1.23 bits per heavy atom. The summed E-state index contributed by atoms with van der Waals surface area (Å²) in [5.41, 5.74) is 5.07. The summed E-state index contributed by atoms with van der Waals surface area (Å²) in [5.74, 6) is 0.881. The van der Waals surface area contributed by atoms with Crippen LogP contribution in [0.15, 0.2) is 35.3 Å². The van der Waals surface area contributed by atoms with E-state index >= 15 is 0 Å². The molecule has 0 amide bonds. The number of likely N-dealkylation sites (tertiary alicyclic amines) is 1. The van der Waals surface area contributed by atoms with Crippen molar-refractivity contribution in [2.24, 2.45) is 12.0 Å². The van der Waals surface area contributed by atoms with Crippen LogP contribution in [-0.2, 0) is 20.0 Å². The van der Waals surface area contributed by atoms with E-state index in [4.69, 9.17) is 0 Å². The monoisotopic (exact) mass is 410 g/mol. The fourth-order valence-electron chi connectivity index (χ4n) is 4.43. The van der Waals surface area contributed by atoms with Gasteiger partial charge in [-0.25, -0.2) is 0 Å². The smallest absolute Gasteiger partial charge is 0.191 e. The van der Waals surface area contributed by atoms with Crippen LogP contribution < -0.4 is 10.6 Å². The Labute approximate surface area is 181 Å². The van der Waals surface area contributed by atoms with Gasteiger partial charge in [0.05, 0.1) is 5.69 Å². The van der Waals surface area contributed by atoms with E-state index in [0.29, 0.717) is 6.04 Å². The van der Waals surface area contributed by atoms with Crippen LogP contribution in [0.5, 0.6) is 0 Å². The van der Waals surface area contributed by atoms with Crippen molar-refractivity contribution in [3.63, 3.8) is 0 Å². The van der Waals surface area contributed by atoms with E-state index < -0.39 is 0 Å². The lowest BCUT2D eigenvalue weighted by Crippen LogP contribution is -2.50. The first-order valence-corrected chi connectivity index (χ1v) is 11.2. The molecule has 2 atom stereocenters. The van der Waals surface area contributed by atoms with Crippen molar-refractivity contribution < 1.29 is 0 Å². The molecule has 6 heteroatoms. The topological polar surface area (TPSA) is 57.5 Å². The number of aliphatic imine (C=N–C) groups is 1. The van der Waals surface area contributed by atoms with Gasteiger partial charge in [0, 0.05) is 45.0 Å². The van der Waals surface area contributed by atoms with Crippen molar-refractivity contribution in [2.45, 2.75) is 65.1 Å². The molecule has 6 nitrogen and oxygen atoms in total. The number of guanidine groups is 1. The summed E-state index contributed by atoms with van der Waals surface area (Å²) in [4.78, 5) is 7.08. The summed E-state index contributed by atoms with van der Waals surface area (Å²) in [6, 6.07) is 11.6. The van der Waals surface area contributed by atoms with Gasteiger partial charge in [0.15, 0.2) is 5.96 Å². The lowest BCUT2D eigenvalue weighted by molar-refractivity contribution is 0.141. The molecule has 0 spiro atoms. The standard InChI is InChI=1S/C24H38N6/c1-18(15-23-19(2)28-29(5)20(23)3)27-24(25-4)26-16-22-13-9-10-14-30(22)17-21-11-7-6-8-12-21/h6-8,11-12,18,22H,9-10,13-17H2,1-5H3,(H2,25,26,27). The third kappa shape index (κ3) is 5.85. The maximum absolute atomic E-state index is 4.54. The zero-order valence-electron chi connectivity index (χ0n) is 19.3. The van der Waals surface area contributed by atoms with Crippen molar-refractivity contribution in [3.05, 3.63) is 52.8 Å². The van der Waals surface area contributed by atoms with Crippen molar-refractivity contribution >= 4 is 5.96 Å². The van der Waals surface area contributed by atoms with Gasteiger partial charge in [-0.1, -0.05) is 36.8 Å². The number of nitrogens with one attached hydrogen (secondary N) is 2. The highest BCUT2D eigenvalue weighted by molar-refractivity contribution is 5.80. The quantitative estimate of drug-likeness (QED) is 0.544. The Bertz CT molecular complexity index is 826. The SMILES string of the molecule is CN=C(NCC1CCCCN1Cc1ccccc1)NC(C)Cc1c(C)nn(C)c1C. The van der Waals surface area contributed by atoms with Crippen LogP contribution in [0, 0.1) is 13.8 Å². The van der Waals surface area contributed by atoms with E-state index in [-0.39, 0.29) is 6.04 Å². The highest BCUT2D eigenvalue weighted by Crippen LogP contribution is 2.19. The van der Waals surface area contributed by atoms with Gasteiger partial charge in [-0.3, -0.25) is 14.6 Å². The molecule has 2 heterocycles. The van der Waals surface area contributed by atoms with E-state index in [2.05, 4.69) is 76.7 Å². The van der Waals surface area contributed by atoms with E-state index in [0.717, 1.165) is 31.2 Å². The molecular weight excluding hydrogens is 372 g/mol. The van der Waals surface area contributed by atoms with Crippen LogP contribution >= 0.6 is 0 Å². The highest BCUT2D eigenvalue weighted by atomic mass is 15.3. The third-order valence-electron chi connectivity index (χ3n) is 6.26. The second kappa shape index (κ2) is 10.6. The van der Waals surface area contributed by atoms with E-state index in [1.807, 2.05) is 18.8 Å². The first-order chi connectivity index (χ1) is 14.5. The molecule has 1 aromatic carbocycles. The van der Waals surface area contributed by atoms with Crippen molar-refractivity contribution in [2.75, 3.05) is 20.1 Å². The number of hydrogen-bond acceptors (Lipinski definition) is 3. The molecule has 2 N–H and O–H groups in total. The number of piperidine rings is 1. The lowest BCUT2D eigenvalue weighted by atomic mass is 10.0. The molecule has 1 aliphatic heterocycles. The molecule has 164 valence electrons. The second-order valence-corrected chi connectivity index (χ2v) is 8.58. The largest absolute Gasteiger partial charge is 0.355 e. The summed E-state index contributed by atoms with van der Waals surface area (Å²) in [5, 5.41) is 11.7. The minimum absolute atomic E-state index is 0.282. The van der Waals surface area contributed by atoms with Gasteiger partial charge in [-0.05, 0) is 57.7 Å². The number of nitrogens with zero attached hydrogens (tertiary/aromatic N) is 4. The second-order valence-electron chi connectivity index (χ2n) is 8.58. The summed E-state index contributed by atoms with van der Waals surface area (Å²) in [7, 11) is 3.86. The van der Waals surface area contributed by atoms with Crippen LogP contribution in [0.3, 0.4) is 0 Å². The Hall–Kier alpha value is -2.34. The van der Waals surface area contributed by atoms with Crippen molar-refractivity contribution in [1.29, 1.82) is 0 Å². The molecule has 30 heavy (non-hydrogen) atoms. The number of aryl methyl sites for hydroxylation is 2. The molecule has 1 saturated heterocycles. The molecular formula is C24H38N6. The van der Waals surface area contributed by atoms with Gasteiger partial charge in [0.2, 0.25) is 0 Å². The third-order valence-corrected chi connectivity index (χ3v) is 6.26. The Kier molecular flexibility index (Phi) is 7.91. The molecule has 3 rings (SSSR count). The maximum atomic E-state index is 4.54. The lowest BCUT2D eigenvalue weighted by Gasteiger charge is -2.36. The molecule has 0 bridgehead atoms. The minimum atomic E-state index is 0.282. The van der Waals surface area contributed by atoms with Crippen LogP contribution in [-0.4, -0.2) is 52.9 Å². The summed E-state index contributed by atoms with van der Waals surface area (Å²) >= 11 is 0. The van der Waals surface area contributed by atoms with Gasteiger partial charge in [0.25, 0.3) is 0 Å². The van der Waals surface area contributed by atoms with Gasteiger partial charge in [0.1, 0.15) is 0 Å². The molecule has 0 aliphatic carbocycles. The fourth-order valence-corrected chi connectivity index (χ4v) is 4.43. The Balaban J connectivity index is 1.53. The summed E-state index contributed by atoms with van der Waals surface area (Å²) in [6.07, 6.45) is 4.77. The van der Waals surface area contributed by atoms with Crippen LogP contribution in [0.1, 0.15) is 48.7 Å². The summed E-state index contributed by atoms with van der Waals surface area (Å²) < 4.78 is 1.97. The molecule has 0 radical (unpaired) electrons. The Morgan fingerprint density at radius 3 is 2.67 bits per heavy atom. The van der Waals surface area contributed by atoms with Crippen LogP contribution in [0.2, 0.25) is 0 Å². The van der Waals surface area contributed by atoms with Crippen molar-refractivity contribution in [1.82, 2.24) is 25.3 Å². The highest BCUT2D eigenvalue weighted by Gasteiger charge is 2.23. The summed E-state index contributed by atoms with van der Waals surface area (Å²) in [6.45, 7) is 9.55. The normalized spacial score (nSPS) is 19.0. The maximum Gasteiger partial charge on any atom is 0.191 e. The Morgan fingerprint density at radius 2 is 2.00 bits per heavy atom. The van der Waals surface area contributed by atoms with Gasteiger partial charge in [-0.2, -0.15) is 5.10 Å². The van der Waals surface area contributed by atoms with Gasteiger partial charge < -0.3 is 10.6 Å². The van der Waals surface area contributed by atoms with Gasteiger partial charge in [-0.15, -0.1) is 0 Å². The van der Waals surface area contributed by atoms with E-state index in [1.54, 1.807) is 0 Å². The molecule has 1 fully saturated rings. The average molecular weight is 411 g/mol. The average Bonchev–Trinajstić information content (AvgIpc) is 2.98. The molecule has 2 unspecified atom stereocenters. The molecule has 1 aromatic heterocycles. The zero-order valence-corrected chi connectivity index (χ0v) is 19.3. The fraction of sp³-hybridized carbons (Fsp3) is 0.583. The number of hydrogen-bond donors (Lipinski definition) is 2. The van der Waals surface area contributed by atoms with Crippen LogP contribution in [0.25, 0.3) is 0 Å². The van der Waals surface area contributed by atoms with E-state index in [9.17, 15) is 0 Å². The first kappa shape index (κ1) is 22.3. The predicted molar refractivity (Wildman–Crippen MR) is 125 cm³/mol. The molecule has 0 saturated carbocycles. The first-order valence-electron chi connectivity index (χ1n) is 11.2. The van der Waals surface area contributed by atoms with Gasteiger partial charge >= 0.3 is 0 Å². The molecule has 2 aromatic rings. The molecule has 1 aliphatic rings. The number of aromatic nitrogens is 2. The van der Waals surface area contributed by atoms with Crippen molar-refractivity contribution in [3.8, 4) is 0 Å². The minimum Gasteiger partial charge on any atom is -0.355 e. The predicted octanol–water partition coefficient (Wildman–Crippen LogP) is 3.19. The van der Waals surface area contributed by atoms with E-state index in [1.165, 1.54) is 42.6 Å².